The summed E-state index contributed by atoms with van der Waals surface area (Å²) in [5.74, 6) is 6.24. The molecule has 0 atom stereocenters. The van der Waals surface area contributed by atoms with Crippen LogP contribution in [0.25, 0.3) is 0 Å². The van der Waals surface area contributed by atoms with Crippen LogP contribution in [0.4, 0.5) is 0 Å². The molecule has 0 unspecified atom stereocenters. The summed E-state index contributed by atoms with van der Waals surface area (Å²) in [5.41, 5.74) is 7.93. The number of carbonyl (C=O) groups is 1. The summed E-state index contributed by atoms with van der Waals surface area (Å²) < 4.78 is 10.9. The number of nitrogens with two attached hydrogens (primary N) is 1. The van der Waals surface area contributed by atoms with Crippen molar-refractivity contribution >= 4 is 24.7 Å². The van der Waals surface area contributed by atoms with E-state index in [4.69, 9.17) is 20.3 Å². The van der Waals surface area contributed by atoms with Crippen molar-refractivity contribution in [3.05, 3.63) is 23.8 Å². The van der Waals surface area contributed by atoms with Gasteiger partial charge in [-0.25, -0.2) is 5.53 Å². The molecular formula is C15H21N5O3S. The van der Waals surface area contributed by atoms with Crippen LogP contribution < -0.4 is 14.8 Å². The van der Waals surface area contributed by atoms with Crippen LogP contribution in [0.3, 0.4) is 0 Å². The van der Waals surface area contributed by atoms with Crippen molar-refractivity contribution in [3.8, 4) is 11.5 Å². The highest BCUT2D eigenvalue weighted by Crippen LogP contribution is 2.28. The number of hydrogen-bond donors (Lipinski definition) is 3. The zero-order valence-electron chi connectivity index (χ0n) is 13.4. The molecule has 1 heterocycles. The molecule has 8 nitrogen and oxygen atoms in total. The number of benzene rings is 1. The molecule has 0 spiro atoms. The number of amidine groups is 1. The van der Waals surface area contributed by atoms with Gasteiger partial charge in [-0.05, 0) is 18.1 Å². The van der Waals surface area contributed by atoms with E-state index in [-0.39, 0.29) is 24.3 Å². The number of hydrazone groups is 1. The molecule has 24 heavy (non-hydrogen) atoms. The number of aryl methyl sites for hydroxylation is 1. The van der Waals surface area contributed by atoms with E-state index < -0.39 is 0 Å². The fraction of sp³-hybridized carbons (Fsp3) is 0.467. The number of ether oxygens (including phenoxy) is 1. The van der Waals surface area contributed by atoms with Crippen LogP contribution >= 0.6 is 12.9 Å². The standard InChI is InChI=1S/C15H21N5O3S/c1-2-3-10-4-5-11(6-13(10)23-24)22-12-8-20(9-12)15(21)7-14(18-16)19-17/h4-6,12,16,24H,2-3,7-9,17H2,1H3. The van der Waals surface area contributed by atoms with Crippen molar-refractivity contribution in [2.75, 3.05) is 13.1 Å². The molecule has 1 aliphatic rings. The van der Waals surface area contributed by atoms with E-state index >= 15 is 0 Å². The Morgan fingerprint density at radius 2 is 2.25 bits per heavy atom. The second-order valence-electron chi connectivity index (χ2n) is 5.48. The summed E-state index contributed by atoms with van der Waals surface area (Å²) in [5, 5.41) is 6.37. The Bertz CT molecular complexity index is 632. The zero-order valence-corrected chi connectivity index (χ0v) is 14.3. The van der Waals surface area contributed by atoms with Gasteiger partial charge in [0.05, 0.1) is 19.5 Å². The molecule has 1 amide bonds. The van der Waals surface area contributed by atoms with Gasteiger partial charge < -0.3 is 19.7 Å². The molecule has 9 heteroatoms. The molecule has 0 radical (unpaired) electrons. The van der Waals surface area contributed by atoms with Gasteiger partial charge in [-0.15, -0.1) is 5.11 Å². The van der Waals surface area contributed by atoms with Crippen LogP contribution in [0.2, 0.25) is 0 Å². The summed E-state index contributed by atoms with van der Waals surface area (Å²) in [6.45, 7) is 3.05. The van der Waals surface area contributed by atoms with Crippen molar-refractivity contribution < 1.29 is 13.7 Å². The zero-order chi connectivity index (χ0) is 17.5. The topological polar surface area (TPSA) is 113 Å². The molecule has 1 aromatic carbocycles. The first-order valence-electron chi connectivity index (χ1n) is 7.64. The van der Waals surface area contributed by atoms with Gasteiger partial charge in [-0.3, -0.25) is 4.79 Å². The van der Waals surface area contributed by atoms with Crippen LogP contribution in [0.5, 0.6) is 11.5 Å². The predicted molar refractivity (Wildman–Crippen MR) is 92.4 cm³/mol. The smallest absolute Gasteiger partial charge is 0.230 e. The lowest BCUT2D eigenvalue weighted by atomic mass is 10.1. The minimum absolute atomic E-state index is 0.00597. The monoisotopic (exact) mass is 351 g/mol. The van der Waals surface area contributed by atoms with E-state index in [2.05, 4.69) is 30.0 Å². The average Bonchev–Trinajstić information content (AvgIpc) is 2.56. The fourth-order valence-corrected chi connectivity index (χ4v) is 2.61. The molecule has 1 fully saturated rings. The number of likely N-dealkylation sites (tertiary alicyclic amines) is 1. The molecule has 1 saturated heterocycles. The number of nitrogens with zero attached hydrogens (tertiary/aromatic N) is 3. The van der Waals surface area contributed by atoms with Crippen LogP contribution in [-0.2, 0) is 11.2 Å². The van der Waals surface area contributed by atoms with Crippen molar-refractivity contribution in [1.82, 2.24) is 4.90 Å². The largest absolute Gasteiger partial charge is 0.487 e. The SMILES string of the molecule is CCCc1ccc(OC2CN(C(=O)CC(N=N)=NN)C2)cc1OS. The highest BCUT2D eigenvalue weighted by atomic mass is 32.1. The van der Waals surface area contributed by atoms with Gasteiger partial charge in [0.15, 0.2) is 5.84 Å². The molecule has 0 aliphatic carbocycles. The molecule has 1 aliphatic heterocycles. The lowest BCUT2D eigenvalue weighted by molar-refractivity contribution is -0.138. The normalized spacial score (nSPS) is 14.9. The third-order valence-electron chi connectivity index (χ3n) is 3.75. The van der Waals surface area contributed by atoms with Crippen LogP contribution in [-0.4, -0.2) is 35.8 Å². The summed E-state index contributed by atoms with van der Waals surface area (Å²) >= 11 is 3.88. The molecular weight excluding hydrogens is 330 g/mol. The third-order valence-corrected chi connectivity index (χ3v) is 3.94. The molecule has 1 aromatic rings. The Morgan fingerprint density at radius 3 is 2.83 bits per heavy atom. The maximum absolute atomic E-state index is 11.9. The van der Waals surface area contributed by atoms with E-state index in [1.807, 2.05) is 12.1 Å². The molecule has 0 aromatic heterocycles. The quantitative estimate of drug-likeness (QED) is 0.133. The maximum atomic E-state index is 11.9. The van der Waals surface area contributed by atoms with E-state index in [1.54, 1.807) is 11.0 Å². The van der Waals surface area contributed by atoms with Gasteiger partial charge >= 0.3 is 0 Å². The Balaban J connectivity index is 1.87. The Labute approximate surface area is 146 Å². The number of thiol groups is 1. The van der Waals surface area contributed by atoms with Gasteiger partial charge in [-0.2, -0.15) is 5.10 Å². The highest BCUT2D eigenvalue weighted by molar-refractivity contribution is 7.75. The van der Waals surface area contributed by atoms with Crippen LogP contribution in [0.1, 0.15) is 25.3 Å². The fourth-order valence-electron chi connectivity index (χ4n) is 2.44. The Morgan fingerprint density at radius 1 is 1.50 bits per heavy atom. The molecule has 0 saturated carbocycles. The van der Waals surface area contributed by atoms with Crippen molar-refractivity contribution in [2.45, 2.75) is 32.3 Å². The lowest BCUT2D eigenvalue weighted by Crippen LogP contribution is -2.56. The second-order valence-corrected chi connectivity index (χ2v) is 5.67. The minimum atomic E-state index is -0.173. The number of amides is 1. The predicted octanol–water partition coefficient (Wildman–Crippen LogP) is 2.15. The molecule has 0 bridgehead atoms. The molecule has 3 N–H and O–H groups in total. The lowest BCUT2D eigenvalue weighted by Gasteiger charge is -2.39. The Hall–Kier alpha value is -2.29. The van der Waals surface area contributed by atoms with E-state index in [1.165, 1.54) is 0 Å². The first-order valence-corrected chi connectivity index (χ1v) is 8.00. The van der Waals surface area contributed by atoms with Gasteiger partial charge in [0.25, 0.3) is 0 Å². The van der Waals surface area contributed by atoms with E-state index in [0.29, 0.717) is 24.6 Å². The van der Waals surface area contributed by atoms with Gasteiger partial charge in [-0.1, -0.05) is 19.4 Å². The van der Waals surface area contributed by atoms with Crippen molar-refractivity contribution in [1.29, 1.82) is 5.53 Å². The number of hydrogen-bond acceptors (Lipinski definition) is 7. The number of carbonyl (C=O) groups excluding carboxylic acids is 1. The molecule has 2 rings (SSSR count). The third kappa shape index (κ3) is 4.38. The molecule has 130 valence electrons. The summed E-state index contributed by atoms with van der Waals surface area (Å²) in [6, 6.07) is 5.66. The number of nitrogens with one attached hydrogen (secondary N) is 1. The van der Waals surface area contributed by atoms with Crippen molar-refractivity contribution in [3.63, 3.8) is 0 Å². The van der Waals surface area contributed by atoms with Crippen LogP contribution in [0.15, 0.2) is 28.4 Å². The van der Waals surface area contributed by atoms with Crippen molar-refractivity contribution in [2.24, 2.45) is 16.1 Å². The highest BCUT2D eigenvalue weighted by Gasteiger charge is 2.32. The van der Waals surface area contributed by atoms with Crippen LogP contribution in [0, 0.1) is 5.53 Å². The summed E-state index contributed by atoms with van der Waals surface area (Å²) in [7, 11) is 0. The maximum Gasteiger partial charge on any atom is 0.230 e. The average molecular weight is 351 g/mol. The summed E-state index contributed by atoms with van der Waals surface area (Å²) in [6.07, 6.45) is 1.78. The van der Waals surface area contributed by atoms with Gasteiger partial charge in [0, 0.05) is 19.0 Å². The Kier molecular flexibility index (Phi) is 6.42. The minimum Gasteiger partial charge on any atom is -0.487 e. The number of rotatable bonds is 7. The van der Waals surface area contributed by atoms with Gasteiger partial charge in [0.2, 0.25) is 5.91 Å². The summed E-state index contributed by atoms with van der Waals surface area (Å²) in [4.78, 5) is 13.5. The van der Waals surface area contributed by atoms with E-state index in [9.17, 15) is 4.79 Å². The first kappa shape index (κ1) is 18.1. The second kappa shape index (κ2) is 8.53. The first-order chi connectivity index (χ1) is 11.6. The van der Waals surface area contributed by atoms with Gasteiger partial charge in [0.1, 0.15) is 17.6 Å². The van der Waals surface area contributed by atoms with E-state index in [0.717, 1.165) is 18.4 Å².